The number of aryl methyl sites for hydroxylation is 2. The second kappa shape index (κ2) is 9.46. The van der Waals surface area contributed by atoms with Gasteiger partial charge in [0.25, 0.3) is 0 Å². The standard InChI is InChI=1S/C18H25N3S/c1-15-14-16(2)21-18(20-15)22-13-9-4-3-8-12-19-17-10-6-5-7-11-17/h5-7,10-11,14,19H,3-4,8-9,12-13H2,1-2H3. The molecule has 0 atom stereocenters. The summed E-state index contributed by atoms with van der Waals surface area (Å²) in [6.45, 7) is 5.11. The molecule has 2 aromatic rings. The molecule has 2 rings (SSSR count). The molecule has 1 N–H and O–H groups in total. The van der Waals surface area contributed by atoms with Gasteiger partial charge in [0, 0.05) is 29.4 Å². The van der Waals surface area contributed by atoms with E-state index in [1.807, 2.05) is 26.0 Å². The van der Waals surface area contributed by atoms with Gasteiger partial charge in [-0.05, 0) is 44.9 Å². The van der Waals surface area contributed by atoms with Crippen molar-refractivity contribution in [1.82, 2.24) is 9.97 Å². The lowest BCUT2D eigenvalue weighted by molar-refractivity contribution is 0.688. The molecule has 0 radical (unpaired) electrons. The Bertz CT molecular complexity index is 537. The van der Waals surface area contributed by atoms with Crippen LogP contribution in [0, 0.1) is 13.8 Å². The zero-order valence-corrected chi connectivity index (χ0v) is 14.3. The van der Waals surface area contributed by atoms with Crippen molar-refractivity contribution in [3.63, 3.8) is 0 Å². The highest BCUT2D eigenvalue weighted by Crippen LogP contribution is 2.16. The fourth-order valence-electron chi connectivity index (χ4n) is 2.29. The second-order valence-corrected chi connectivity index (χ2v) is 6.55. The first-order valence-electron chi connectivity index (χ1n) is 7.98. The van der Waals surface area contributed by atoms with Crippen molar-refractivity contribution in [2.45, 2.75) is 44.7 Å². The first-order valence-corrected chi connectivity index (χ1v) is 8.96. The van der Waals surface area contributed by atoms with Gasteiger partial charge in [0.2, 0.25) is 0 Å². The minimum atomic E-state index is 0.920. The van der Waals surface area contributed by atoms with Crippen LogP contribution in [0.4, 0.5) is 5.69 Å². The first-order chi connectivity index (χ1) is 10.7. The molecule has 1 aromatic heterocycles. The van der Waals surface area contributed by atoms with Crippen molar-refractivity contribution in [2.24, 2.45) is 0 Å². The van der Waals surface area contributed by atoms with Crippen LogP contribution in [0.25, 0.3) is 0 Å². The summed E-state index contributed by atoms with van der Waals surface area (Å²) in [4.78, 5) is 8.91. The van der Waals surface area contributed by atoms with Gasteiger partial charge in [0.15, 0.2) is 5.16 Å². The average molecular weight is 315 g/mol. The van der Waals surface area contributed by atoms with Crippen LogP contribution in [0.2, 0.25) is 0 Å². The lowest BCUT2D eigenvalue weighted by Gasteiger charge is -2.06. The maximum absolute atomic E-state index is 4.46. The van der Waals surface area contributed by atoms with E-state index >= 15 is 0 Å². The number of thioether (sulfide) groups is 1. The first kappa shape index (κ1) is 16.8. The number of anilines is 1. The van der Waals surface area contributed by atoms with E-state index in [-0.39, 0.29) is 0 Å². The highest BCUT2D eigenvalue weighted by molar-refractivity contribution is 7.99. The number of aromatic nitrogens is 2. The van der Waals surface area contributed by atoms with Crippen LogP contribution in [0.5, 0.6) is 0 Å². The monoisotopic (exact) mass is 315 g/mol. The fourth-order valence-corrected chi connectivity index (χ4v) is 3.24. The van der Waals surface area contributed by atoms with Crippen LogP contribution < -0.4 is 5.32 Å². The van der Waals surface area contributed by atoms with Crippen LogP contribution in [-0.4, -0.2) is 22.3 Å². The Morgan fingerprint density at radius 1 is 0.909 bits per heavy atom. The number of hydrogen-bond donors (Lipinski definition) is 1. The molecule has 22 heavy (non-hydrogen) atoms. The van der Waals surface area contributed by atoms with E-state index < -0.39 is 0 Å². The van der Waals surface area contributed by atoms with Crippen LogP contribution in [0.15, 0.2) is 41.6 Å². The molecule has 0 bridgehead atoms. The summed E-state index contributed by atoms with van der Waals surface area (Å²) in [5.74, 6) is 1.11. The Kier molecular flexibility index (Phi) is 7.23. The lowest BCUT2D eigenvalue weighted by atomic mass is 10.2. The molecule has 1 aromatic carbocycles. The number of hydrogen-bond acceptors (Lipinski definition) is 4. The molecule has 0 saturated carbocycles. The van der Waals surface area contributed by atoms with Crippen molar-refractivity contribution in [3.8, 4) is 0 Å². The quantitative estimate of drug-likeness (QED) is 0.407. The number of benzene rings is 1. The molecule has 0 aliphatic rings. The van der Waals surface area contributed by atoms with E-state index in [1.54, 1.807) is 11.8 Å². The van der Waals surface area contributed by atoms with Gasteiger partial charge in [0.1, 0.15) is 0 Å². The molecule has 118 valence electrons. The molecule has 0 aliphatic heterocycles. The summed E-state index contributed by atoms with van der Waals surface area (Å²) in [6.07, 6.45) is 4.99. The molecule has 0 aliphatic carbocycles. The van der Waals surface area contributed by atoms with Gasteiger partial charge in [-0.2, -0.15) is 0 Å². The number of nitrogens with zero attached hydrogens (tertiary/aromatic N) is 2. The summed E-state index contributed by atoms with van der Waals surface area (Å²) in [6, 6.07) is 12.4. The Labute approximate surface area is 138 Å². The Morgan fingerprint density at radius 2 is 1.59 bits per heavy atom. The van der Waals surface area contributed by atoms with Crippen LogP contribution in [-0.2, 0) is 0 Å². The molecule has 0 fully saturated rings. The third-order valence-electron chi connectivity index (χ3n) is 3.37. The molecule has 0 unspecified atom stereocenters. The maximum atomic E-state index is 4.46. The van der Waals surface area contributed by atoms with Crippen molar-refractivity contribution < 1.29 is 0 Å². The zero-order valence-electron chi connectivity index (χ0n) is 13.5. The van der Waals surface area contributed by atoms with Crippen LogP contribution in [0.3, 0.4) is 0 Å². The van der Waals surface area contributed by atoms with E-state index in [0.29, 0.717) is 0 Å². The molecule has 0 spiro atoms. The highest BCUT2D eigenvalue weighted by Gasteiger charge is 2.00. The van der Waals surface area contributed by atoms with Gasteiger partial charge in [0.05, 0.1) is 0 Å². The van der Waals surface area contributed by atoms with E-state index in [0.717, 1.165) is 28.8 Å². The van der Waals surface area contributed by atoms with Gasteiger partial charge in [-0.15, -0.1) is 0 Å². The molecule has 4 heteroatoms. The number of nitrogens with one attached hydrogen (secondary N) is 1. The summed E-state index contributed by atoms with van der Waals surface area (Å²) >= 11 is 1.77. The summed E-state index contributed by atoms with van der Waals surface area (Å²) < 4.78 is 0. The van der Waals surface area contributed by atoms with E-state index in [2.05, 4.69) is 39.6 Å². The number of para-hydroxylation sites is 1. The second-order valence-electron chi connectivity index (χ2n) is 5.49. The van der Waals surface area contributed by atoms with Gasteiger partial charge < -0.3 is 5.32 Å². The SMILES string of the molecule is Cc1cc(C)nc(SCCCCCCNc2ccccc2)n1. The third-order valence-corrected chi connectivity index (χ3v) is 4.30. The minimum absolute atomic E-state index is 0.920. The van der Waals surface area contributed by atoms with E-state index in [4.69, 9.17) is 0 Å². The van der Waals surface area contributed by atoms with Gasteiger partial charge in [-0.3, -0.25) is 0 Å². The summed E-state index contributed by atoms with van der Waals surface area (Å²) in [5, 5.41) is 4.37. The Balaban J connectivity index is 1.51. The number of unbranched alkanes of at least 4 members (excludes halogenated alkanes) is 3. The van der Waals surface area contributed by atoms with Crippen LogP contribution in [0.1, 0.15) is 37.1 Å². The average Bonchev–Trinajstić information content (AvgIpc) is 2.50. The topological polar surface area (TPSA) is 37.8 Å². The molecular formula is C18H25N3S. The molecule has 0 amide bonds. The molecular weight excluding hydrogens is 290 g/mol. The van der Waals surface area contributed by atoms with Crippen molar-refractivity contribution in [1.29, 1.82) is 0 Å². The Morgan fingerprint density at radius 3 is 2.32 bits per heavy atom. The molecule has 0 saturated heterocycles. The zero-order chi connectivity index (χ0) is 15.6. The normalized spacial score (nSPS) is 10.6. The largest absolute Gasteiger partial charge is 0.385 e. The lowest BCUT2D eigenvalue weighted by Crippen LogP contribution is -2.01. The fraction of sp³-hybridized carbons (Fsp3) is 0.444. The number of rotatable bonds is 9. The Hall–Kier alpha value is -1.55. The smallest absolute Gasteiger partial charge is 0.187 e. The molecule has 3 nitrogen and oxygen atoms in total. The van der Waals surface area contributed by atoms with Crippen LogP contribution >= 0.6 is 11.8 Å². The van der Waals surface area contributed by atoms with E-state index in [1.165, 1.54) is 31.4 Å². The predicted octanol–water partition coefficient (Wildman–Crippen LogP) is 4.86. The van der Waals surface area contributed by atoms with Gasteiger partial charge in [-0.25, -0.2) is 9.97 Å². The van der Waals surface area contributed by atoms with Crippen molar-refractivity contribution in [2.75, 3.05) is 17.6 Å². The summed E-state index contributed by atoms with van der Waals surface area (Å²) in [5.41, 5.74) is 3.33. The van der Waals surface area contributed by atoms with Crippen molar-refractivity contribution in [3.05, 3.63) is 47.8 Å². The van der Waals surface area contributed by atoms with Gasteiger partial charge in [-0.1, -0.05) is 42.8 Å². The summed E-state index contributed by atoms with van der Waals surface area (Å²) in [7, 11) is 0. The maximum Gasteiger partial charge on any atom is 0.187 e. The highest BCUT2D eigenvalue weighted by atomic mass is 32.2. The van der Waals surface area contributed by atoms with E-state index in [9.17, 15) is 0 Å². The van der Waals surface area contributed by atoms with Crippen molar-refractivity contribution >= 4 is 17.4 Å². The molecule has 1 heterocycles. The van der Waals surface area contributed by atoms with Gasteiger partial charge >= 0.3 is 0 Å². The minimum Gasteiger partial charge on any atom is -0.385 e. The predicted molar refractivity (Wildman–Crippen MR) is 95.6 cm³/mol. The third kappa shape index (κ3) is 6.48.